The van der Waals surface area contributed by atoms with Crippen molar-refractivity contribution in [2.24, 2.45) is 0 Å². The van der Waals surface area contributed by atoms with E-state index in [0.29, 0.717) is 0 Å². The molecule has 0 unspecified atom stereocenters. The summed E-state index contributed by atoms with van der Waals surface area (Å²) in [6.07, 6.45) is 4.53. The lowest BCUT2D eigenvalue weighted by Crippen LogP contribution is -2.30. The van der Waals surface area contributed by atoms with Gasteiger partial charge in [0.25, 0.3) is 0 Å². The van der Waals surface area contributed by atoms with E-state index in [-0.39, 0.29) is 24.0 Å². The van der Waals surface area contributed by atoms with E-state index in [1.54, 1.807) is 24.3 Å². The van der Waals surface area contributed by atoms with Crippen molar-refractivity contribution in [3.63, 3.8) is 0 Å². The highest BCUT2D eigenvalue weighted by Gasteiger charge is 2.10. The highest BCUT2D eigenvalue weighted by Crippen LogP contribution is 2.03. The van der Waals surface area contributed by atoms with Crippen molar-refractivity contribution >= 4 is 27.8 Å². The number of anilines is 1. The van der Waals surface area contributed by atoms with Crippen molar-refractivity contribution in [3.8, 4) is 0 Å². The number of carbonyl (C=O) groups is 1. The Hall–Kier alpha value is -2.67. The Labute approximate surface area is 135 Å². The largest absolute Gasteiger partial charge is 0.351 e. The minimum atomic E-state index is -3.55. The second-order valence-corrected chi connectivity index (χ2v) is 6.51. The number of aromatic nitrogens is 1. The van der Waals surface area contributed by atoms with Gasteiger partial charge in [-0.25, -0.2) is 13.4 Å². The van der Waals surface area contributed by atoms with Crippen LogP contribution in [0.4, 0.5) is 5.82 Å². The molecule has 2 rings (SSSR count). The molecule has 23 heavy (non-hydrogen) atoms. The smallest absolute Gasteiger partial charge is 0.244 e. The number of nitrogens with one attached hydrogen (secondary N) is 2. The molecule has 0 aliphatic rings. The summed E-state index contributed by atoms with van der Waals surface area (Å²) < 4.78 is 26.0. The molecule has 0 aliphatic carbocycles. The average molecular weight is 331 g/mol. The number of hydrogen-bond acceptors (Lipinski definition) is 4. The van der Waals surface area contributed by atoms with Gasteiger partial charge in [-0.05, 0) is 23.8 Å². The Morgan fingerprint density at radius 1 is 1.09 bits per heavy atom. The highest BCUT2D eigenvalue weighted by molar-refractivity contribution is 7.92. The third-order valence-corrected chi connectivity index (χ3v) is 4.08. The van der Waals surface area contributed by atoms with Gasteiger partial charge in [0.2, 0.25) is 15.9 Å². The van der Waals surface area contributed by atoms with Crippen LogP contribution >= 0.6 is 0 Å². The van der Waals surface area contributed by atoms with Crippen LogP contribution in [-0.2, 0) is 14.8 Å². The van der Waals surface area contributed by atoms with Crippen molar-refractivity contribution in [2.45, 2.75) is 0 Å². The first-order valence-corrected chi connectivity index (χ1v) is 8.63. The predicted octanol–water partition coefficient (Wildman–Crippen LogP) is 1.65. The summed E-state index contributed by atoms with van der Waals surface area (Å²) in [6, 6.07) is 14.3. The number of amides is 1. The quantitative estimate of drug-likeness (QED) is 0.755. The second kappa shape index (κ2) is 8.09. The molecule has 0 fully saturated rings. The minimum Gasteiger partial charge on any atom is -0.351 e. The van der Waals surface area contributed by atoms with E-state index in [1.807, 2.05) is 30.3 Å². The molecule has 7 heteroatoms. The number of rotatable bonds is 7. The molecule has 0 radical (unpaired) electrons. The van der Waals surface area contributed by atoms with E-state index in [1.165, 1.54) is 12.3 Å². The maximum Gasteiger partial charge on any atom is 0.244 e. The summed E-state index contributed by atoms with van der Waals surface area (Å²) >= 11 is 0. The predicted molar refractivity (Wildman–Crippen MR) is 90.1 cm³/mol. The second-order valence-electron chi connectivity index (χ2n) is 4.67. The molecule has 120 valence electrons. The normalized spacial score (nSPS) is 11.3. The van der Waals surface area contributed by atoms with Gasteiger partial charge in [0.15, 0.2) is 0 Å². The first kappa shape index (κ1) is 16.7. The van der Waals surface area contributed by atoms with Crippen LogP contribution in [-0.4, -0.2) is 31.6 Å². The van der Waals surface area contributed by atoms with Crippen molar-refractivity contribution in [3.05, 3.63) is 66.4 Å². The van der Waals surface area contributed by atoms with Gasteiger partial charge < -0.3 is 5.32 Å². The first-order valence-electron chi connectivity index (χ1n) is 6.98. The van der Waals surface area contributed by atoms with Gasteiger partial charge in [0.1, 0.15) is 5.82 Å². The summed E-state index contributed by atoms with van der Waals surface area (Å²) in [5, 5.41) is 2.53. The maximum absolute atomic E-state index is 11.8. The molecule has 2 N–H and O–H groups in total. The monoisotopic (exact) mass is 331 g/mol. The minimum absolute atomic E-state index is 0.0140. The van der Waals surface area contributed by atoms with Gasteiger partial charge >= 0.3 is 0 Å². The SMILES string of the molecule is O=C(C=Cc1ccccc1)NCCS(=O)(=O)Nc1ccccn1. The summed E-state index contributed by atoms with van der Waals surface area (Å²) in [5.74, 6) is -0.321. The van der Waals surface area contributed by atoms with Crippen molar-refractivity contribution < 1.29 is 13.2 Å². The molecule has 6 nitrogen and oxygen atoms in total. The standard InChI is InChI=1S/C16H17N3O3S/c20-16(10-9-14-6-2-1-3-7-14)18-12-13-23(21,22)19-15-8-4-5-11-17-15/h1-11H,12-13H2,(H,17,19)(H,18,20). The van der Waals surface area contributed by atoms with E-state index < -0.39 is 10.0 Å². The van der Waals surface area contributed by atoms with Crippen molar-refractivity contribution in [1.29, 1.82) is 0 Å². The summed E-state index contributed by atoms with van der Waals surface area (Å²) in [6.45, 7) is 0.0140. The molecule has 0 saturated carbocycles. The Bertz CT molecular complexity index is 760. The Kier molecular flexibility index (Phi) is 5.87. The Balaban J connectivity index is 1.77. The van der Waals surface area contributed by atoms with Crippen LogP contribution in [0.3, 0.4) is 0 Å². The van der Waals surface area contributed by atoms with Crippen LogP contribution in [0.15, 0.2) is 60.8 Å². The lowest BCUT2D eigenvalue weighted by molar-refractivity contribution is -0.116. The van der Waals surface area contributed by atoms with E-state index in [0.717, 1.165) is 5.56 Å². The molecular formula is C16H17N3O3S. The Morgan fingerprint density at radius 2 is 1.83 bits per heavy atom. The number of nitrogens with zero attached hydrogens (tertiary/aromatic N) is 1. The van der Waals surface area contributed by atoms with Crippen molar-refractivity contribution in [2.75, 3.05) is 17.0 Å². The van der Waals surface area contributed by atoms with E-state index >= 15 is 0 Å². The molecule has 2 aromatic rings. The molecule has 1 amide bonds. The van der Waals surface area contributed by atoms with E-state index in [9.17, 15) is 13.2 Å². The highest BCUT2D eigenvalue weighted by atomic mass is 32.2. The fourth-order valence-electron chi connectivity index (χ4n) is 1.74. The molecule has 1 aromatic carbocycles. The molecule has 0 spiro atoms. The van der Waals surface area contributed by atoms with Gasteiger partial charge in [0.05, 0.1) is 5.75 Å². The van der Waals surface area contributed by atoms with Crippen LogP contribution in [0.2, 0.25) is 0 Å². The molecule has 0 saturated heterocycles. The summed E-state index contributed by atoms with van der Waals surface area (Å²) in [4.78, 5) is 15.5. The van der Waals surface area contributed by atoms with Gasteiger partial charge in [-0.2, -0.15) is 0 Å². The molecule has 0 atom stereocenters. The zero-order chi connectivity index (χ0) is 16.5. The lowest BCUT2D eigenvalue weighted by atomic mass is 10.2. The van der Waals surface area contributed by atoms with Crippen LogP contribution in [0.5, 0.6) is 0 Å². The fourth-order valence-corrected chi connectivity index (χ4v) is 2.65. The van der Waals surface area contributed by atoms with Gasteiger partial charge in [-0.3, -0.25) is 9.52 Å². The van der Waals surface area contributed by atoms with Crippen LogP contribution < -0.4 is 10.0 Å². The molecule has 0 bridgehead atoms. The van der Waals surface area contributed by atoms with Crippen LogP contribution in [0.25, 0.3) is 6.08 Å². The average Bonchev–Trinajstić information content (AvgIpc) is 2.54. The number of benzene rings is 1. The number of carbonyl (C=O) groups excluding carboxylic acids is 1. The third kappa shape index (κ3) is 6.31. The van der Waals surface area contributed by atoms with E-state index in [2.05, 4.69) is 15.0 Å². The summed E-state index contributed by atoms with van der Waals surface area (Å²) in [5.41, 5.74) is 0.895. The van der Waals surface area contributed by atoms with Gasteiger partial charge in [-0.15, -0.1) is 0 Å². The number of sulfonamides is 1. The molecule has 1 aromatic heterocycles. The summed E-state index contributed by atoms with van der Waals surface area (Å²) in [7, 11) is -3.55. The van der Waals surface area contributed by atoms with Gasteiger partial charge in [-0.1, -0.05) is 36.4 Å². The molecular weight excluding hydrogens is 314 g/mol. The zero-order valence-corrected chi connectivity index (χ0v) is 13.2. The first-order chi connectivity index (χ1) is 11.1. The van der Waals surface area contributed by atoms with Crippen LogP contribution in [0, 0.1) is 0 Å². The number of pyridine rings is 1. The topological polar surface area (TPSA) is 88.2 Å². The van der Waals surface area contributed by atoms with Crippen molar-refractivity contribution in [1.82, 2.24) is 10.3 Å². The zero-order valence-electron chi connectivity index (χ0n) is 12.3. The van der Waals surface area contributed by atoms with Crippen LogP contribution in [0.1, 0.15) is 5.56 Å². The lowest BCUT2D eigenvalue weighted by Gasteiger charge is -2.07. The third-order valence-electron chi connectivity index (χ3n) is 2.82. The van der Waals surface area contributed by atoms with E-state index in [4.69, 9.17) is 0 Å². The maximum atomic E-state index is 11.8. The fraction of sp³-hybridized carbons (Fsp3) is 0.125. The van der Waals surface area contributed by atoms with Gasteiger partial charge in [0, 0.05) is 18.8 Å². The molecule has 0 aliphatic heterocycles. The Morgan fingerprint density at radius 3 is 2.52 bits per heavy atom. The number of hydrogen-bond donors (Lipinski definition) is 2. The molecule has 1 heterocycles.